The van der Waals surface area contributed by atoms with Crippen molar-refractivity contribution in [2.75, 3.05) is 11.9 Å². The number of fused-ring (bicyclic) bond motifs is 1. The van der Waals surface area contributed by atoms with E-state index in [4.69, 9.17) is 16.7 Å². The van der Waals surface area contributed by atoms with Crippen LogP contribution in [0.1, 0.15) is 43.9 Å². The van der Waals surface area contributed by atoms with E-state index in [0.717, 1.165) is 29.5 Å². The molecule has 1 aliphatic heterocycles. The zero-order chi connectivity index (χ0) is 14.1. The van der Waals surface area contributed by atoms with Crippen LogP contribution in [0.2, 0.25) is 5.02 Å². The molecule has 1 N–H and O–H groups in total. The number of hydrogen-bond donors (Lipinski definition) is 1. The second-order valence-corrected chi connectivity index (χ2v) is 6.02. The predicted molar refractivity (Wildman–Crippen MR) is 84.1 cm³/mol. The smallest absolute Gasteiger partial charge is 0.133 e. The summed E-state index contributed by atoms with van der Waals surface area (Å²) in [7, 11) is 0. The van der Waals surface area contributed by atoms with Gasteiger partial charge in [0.05, 0.1) is 16.4 Å². The molecule has 0 bridgehead atoms. The van der Waals surface area contributed by atoms with Crippen LogP contribution < -0.4 is 5.32 Å². The molecule has 20 heavy (non-hydrogen) atoms. The van der Waals surface area contributed by atoms with Gasteiger partial charge < -0.3 is 5.32 Å². The lowest BCUT2D eigenvalue weighted by Crippen LogP contribution is -2.07. The molecule has 4 heteroatoms. The molecule has 0 amide bonds. The lowest BCUT2D eigenvalue weighted by atomic mass is 10.0. The molecule has 1 aliphatic rings. The number of halogens is 1. The van der Waals surface area contributed by atoms with Gasteiger partial charge in [-0.15, -0.1) is 0 Å². The van der Waals surface area contributed by atoms with E-state index in [2.05, 4.69) is 19.2 Å². The SMILES string of the molecule is CC(C)c1nn(-c2ccccc2Cl)c2c1CCCCN2. The van der Waals surface area contributed by atoms with Crippen LogP contribution in [0.4, 0.5) is 5.82 Å². The fourth-order valence-electron chi connectivity index (χ4n) is 2.79. The zero-order valence-electron chi connectivity index (χ0n) is 12.0. The molecule has 1 aromatic heterocycles. The molecule has 0 saturated carbocycles. The number of benzene rings is 1. The highest BCUT2D eigenvalue weighted by atomic mass is 35.5. The van der Waals surface area contributed by atoms with Gasteiger partial charge in [-0.2, -0.15) is 5.10 Å². The number of para-hydroxylation sites is 1. The highest BCUT2D eigenvalue weighted by Gasteiger charge is 2.22. The summed E-state index contributed by atoms with van der Waals surface area (Å²) in [6, 6.07) is 7.88. The minimum atomic E-state index is 0.424. The average Bonchev–Trinajstić information content (AvgIpc) is 2.63. The molecule has 0 unspecified atom stereocenters. The van der Waals surface area contributed by atoms with Crippen LogP contribution in [0, 0.1) is 0 Å². The van der Waals surface area contributed by atoms with E-state index >= 15 is 0 Å². The summed E-state index contributed by atoms with van der Waals surface area (Å²) >= 11 is 6.34. The number of rotatable bonds is 2. The van der Waals surface area contributed by atoms with Crippen molar-refractivity contribution >= 4 is 17.4 Å². The second-order valence-electron chi connectivity index (χ2n) is 5.61. The van der Waals surface area contributed by atoms with Crippen molar-refractivity contribution in [2.45, 2.75) is 39.0 Å². The number of anilines is 1. The van der Waals surface area contributed by atoms with Crippen molar-refractivity contribution in [2.24, 2.45) is 0 Å². The van der Waals surface area contributed by atoms with E-state index in [-0.39, 0.29) is 0 Å². The second kappa shape index (κ2) is 5.49. The lowest BCUT2D eigenvalue weighted by molar-refractivity contribution is 0.731. The first-order chi connectivity index (χ1) is 9.68. The summed E-state index contributed by atoms with van der Waals surface area (Å²) in [5, 5.41) is 9.11. The zero-order valence-corrected chi connectivity index (χ0v) is 12.7. The first-order valence-electron chi connectivity index (χ1n) is 7.29. The van der Waals surface area contributed by atoms with Crippen LogP contribution >= 0.6 is 11.6 Å². The normalized spacial score (nSPS) is 14.8. The fraction of sp³-hybridized carbons (Fsp3) is 0.438. The topological polar surface area (TPSA) is 29.9 Å². The third kappa shape index (κ3) is 2.31. The Bertz CT molecular complexity index is 616. The van der Waals surface area contributed by atoms with Crippen LogP contribution in [-0.2, 0) is 6.42 Å². The Hall–Kier alpha value is -1.48. The Morgan fingerprint density at radius 1 is 1.25 bits per heavy atom. The molecule has 1 aromatic carbocycles. The summed E-state index contributed by atoms with van der Waals surface area (Å²) < 4.78 is 1.98. The Balaban J connectivity index is 2.19. The van der Waals surface area contributed by atoms with E-state index in [1.54, 1.807) is 0 Å². The van der Waals surface area contributed by atoms with Crippen LogP contribution in [-0.4, -0.2) is 16.3 Å². The first-order valence-corrected chi connectivity index (χ1v) is 7.67. The fourth-order valence-corrected chi connectivity index (χ4v) is 3.01. The molecule has 0 atom stereocenters. The maximum Gasteiger partial charge on any atom is 0.133 e. The van der Waals surface area contributed by atoms with Crippen molar-refractivity contribution < 1.29 is 0 Å². The largest absolute Gasteiger partial charge is 0.370 e. The third-order valence-corrected chi connectivity index (χ3v) is 4.11. The van der Waals surface area contributed by atoms with E-state index in [9.17, 15) is 0 Å². The molecule has 0 saturated heterocycles. The Morgan fingerprint density at radius 2 is 2.05 bits per heavy atom. The van der Waals surface area contributed by atoms with E-state index in [0.29, 0.717) is 5.92 Å². The Labute approximate surface area is 124 Å². The third-order valence-electron chi connectivity index (χ3n) is 3.79. The molecule has 106 valence electrons. The van der Waals surface area contributed by atoms with Gasteiger partial charge in [0.2, 0.25) is 0 Å². The van der Waals surface area contributed by atoms with Crippen molar-refractivity contribution in [3.63, 3.8) is 0 Å². The molecular weight excluding hydrogens is 270 g/mol. The summed E-state index contributed by atoms with van der Waals surface area (Å²) in [6.07, 6.45) is 3.52. The summed E-state index contributed by atoms with van der Waals surface area (Å²) in [5.41, 5.74) is 3.50. The van der Waals surface area contributed by atoms with Gasteiger partial charge in [-0.1, -0.05) is 37.6 Å². The summed E-state index contributed by atoms with van der Waals surface area (Å²) in [5.74, 6) is 1.55. The van der Waals surface area contributed by atoms with Gasteiger partial charge in [-0.25, -0.2) is 4.68 Å². The maximum atomic E-state index is 6.34. The maximum absolute atomic E-state index is 6.34. The van der Waals surface area contributed by atoms with Crippen LogP contribution in [0.3, 0.4) is 0 Å². The van der Waals surface area contributed by atoms with Crippen molar-refractivity contribution in [1.29, 1.82) is 0 Å². The minimum absolute atomic E-state index is 0.424. The minimum Gasteiger partial charge on any atom is -0.370 e. The van der Waals surface area contributed by atoms with Gasteiger partial charge in [0.1, 0.15) is 5.82 Å². The van der Waals surface area contributed by atoms with Crippen molar-refractivity contribution in [3.05, 3.63) is 40.5 Å². The van der Waals surface area contributed by atoms with Gasteiger partial charge in [-0.3, -0.25) is 0 Å². The Morgan fingerprint density at radius 3 is 2.80 bits per heavy atom. The predicted octanol–water partition coefficient (Wildman–Crippen LogP) is 4.40. The van der Waals surface area contributed by atoms with Crippen molar-refractivity contribution in [3.8, 4) is 5.69 Å². The van der Waals surface area contributed by atoms with Gasteiger partial charge in [0.25, 0.3) is 0 Å². The number of nitrogens with one attached hydrogen (secondary N) is 1. The monoisotopic (exact) mass is 289 g/mol. The van der Waals surface area contributed by atoms with Crippen LogP contribution in [0.5, 0.6) is 0 Å². The standard InChI is InChI=1S/C16H20ClN3/c1-11(2)15-12-7-5-6-10-18-16(12)20(19-15)14-9-4-3-8-13(14)17/h3-4,8-9,11,18H,5-7,10H2,1-2H3. The van der Waals surface area contributed by atoms with Crippen molar-refractivity contribution in [1.82, 2.24) is 9.78 Å². The van der Waals surface area contributed by atoms with E-state index in [1.807, 2.05) is 28.9 Å². The van der Waals surface area contributed by atoms with Gasteiger partial charge in [0, 0.05) is 12.1 Å². The molecule has 0 spiro atoms. The molecule has 3 nitrogen and oxygen atoms in total. The summed E-state index contributed by atoms with van der Waals surface area (Å²) in [4.78, 5) is 0. The number of aromatic nitrogens is 2. The molecule has 0 fully saturated rings. The van der Waals surface area contributed by atoms with E-state index in [1.165, 1.54) is 24.1 Å². The molecular formula is C16H20ClN3. The quantitative estimate of drug-likeness (QED) is 0.888. The Kier molecular flexibility index (Phi) is 3.70. The van der Waals surface area contributed by atoms with Gasteiger partial charge in [0.15, 0.2) is 0 Å². The molecule has 2 heterocycles. The summed E-state index contributed by atoms with van der Waals surface area (Å²) in [6.45, 7) is 5.40. The van der Waals surface area contributed by atoms with Gasteiger partial charge in [-0.05, 0) is 37.3 Å². The lowest BCUT2D eigenvalue weighted by Gasteiger charge is -2.10. The number of hydrogen-bond acceptors (Lipinski definition) is 2. The van der Waals surface area contributed by atoms with Crippen LogP contribution in [0.15, 0.2) is 24.3 Å². The number of nitrogens with zero attached hydrogens (tertiary/aromatic N) is 2. The average molecular weight is 290 g/mol. The molecule has 3 rings (SSSR count). The molecule has 0 radical (unpaired) electrons. The highest BCUT2D eigenvalue weighted by Crippen LogP contribution is 2.33. The van der Waals surface area contributed by atoms with E-state index < -0.39 is 0 Å². The molecule has 2 aromatic rings. The highest BCUT2D eigenvalue weighted by molar-refractivity contribution is 6.32. The molecule has 0 aliphatic carbocycles. The van der Waals surface area contributed by atoms with Gasteiger partial charge >= 0.3 is 0 Å². The first kappa shape index (κ1) is 13.5. The van der Waals surface area contributed by atoms with Crippen LogP contribution in [0.25, 0.3) is 5.69 Å².